The molecule has 0 amide bonds. The second-order valence-corrected chi connectivity index (χ2v) is 5.21. The number of carbonyl (C=O) groups excluding carboxylic acids is 1. The van der Waals surface area contributed by atoms with Crippen molar-refractivity contribution >= 4 is 21.7 Å². The van der Waals surface area contributed by atoms with Crippen LogP contribution in [0.15, 0.2) is 46.9 Å². The second kappa shape index (κ2) is 6.36. The number of ketones is 1. The molecule has 100 valence electrons. The minimum absolute atomic E-state index is 0.125. The predicted octanol–water partition coefficient (Wildman–Crippen LogP) is 4.10. The van der Waals surface area contributed by atoms with Gasteiger partial charge in [-0.1, -0.05) is 28.1 Å². The van der Waals surface area contributed by atoms with E-state index in [2.05, 4.69) is 15.9 Å². The summed E-state index contributed by atoms with van der Waals surface area (Å²) in [6, 6.07) is 14.7. The zero-order valence-corrected chi connectivity index (χ0v) is 12.5. The Morgan fingerprint density at radius 1 is 1.30 bits per heavy atom. The highest BCUT2D eigenvalue weighted by molar-refractivity contribution is 9.10. The number of benzene rings is 2. The molecular weight excluding hydrogens is 318 g/mol. The van der Waals surface area contributed by atoms with Crippen LogP contribution in [0, 0.1) is 11.3 Å². The third-order valence-electron chi connectivity index (χ3n) is 2.79. The standard InChI is InChI=1S/C16H12BrNO2/c1-11(19)16-6-5-15(8-13(16)9-18)20-10-12-3-2-4-14(17)7-12/h2-8H,10H2,1H3. The molecule has 0 aliphatic heterocycles. The van der Waals surface area contributed by atoms with Crippen molar-refractivity contribution in [1.29, 1.82) is 5.26 Å². The van der Waals surface area contributed by atoms with E-state index in [-0.39, 0.29) is 5.78 Å². The molecule has 0 aliphatic rings. The molecule has 0 saturated carbocycles. The van der Waals surface area contributed by atoms with E-state index < -0.39 is 0 Å². The number of hydrogen-bond acceptors (Lipinski definition) is 3. The Labute approximate surface area is 125 Å². The summed E-state index contributed by atoms with van der Waals surface area (Å²) in [6.45, 7) is 1.85. The van der Waals surface area contributed by atoms with Crippen LogP contribution in [0.25, 0.3) is 0 Å². The Morgan fingerprint density at radius 2 is 2.10 bits per heavy atom. The van der Waals surface area contributed by atoms with E-state index in [0.29, 0.717) is 23.5 Å². The van der Waals surface area contributed by atoms with E-state index in [4.69, 9.17) is 10.00 Å². The third-order valence-corrected chi connectivity index (χ3v) is 3.28. The number of carbonyl (C=O) groups is 1. The zero-order valence-electron chi connectivity index (χ0n) is 10.9. The van der Waals surface area contributed by atoms with Gasteiger partial charge in [-0.2, -0.15) is 5.26 Å². The Kier molecular flexibility index (Phi) is 4.54. The quantitative estimate of drug-likeness (QED) is 0.793. The monoisotopic (exact) mass is 329 g/mol. The van der Waals surface area contributed by atoms with Gasteiger partial charge in [0.15, 0.2) is 5.78 Å². The first-order valence-electron chi connectivity index (χ1n) is 6.02. The molecule has 2 rings (SSSR count). The summed E-state index contributed by atoms with van der Waals surface area (Å²) in [6.07, 6.45) is 0. The molecule has 0 fully saturated rings. The van der Waals surface area contributed by atoms with Crippen LogP contribution in [0.2, 0.25) is 0 Å². The van der Waals surface area contributed by atoms with Crippen molar-refractivity contribution in [3.05, 3.63) is 63.6 Å². The Bertz CT molecular complexity index is 689. The van der Waals surface area contributed by atoms with Gasteiger partial charge < -0.3 is 4.74 Å². The molecule has 0 aliphatic carbocycles. The summed E-state index contributed by atoms with van der Waals surface area (Å²) in [7, 11) is 0. The molecule has 0 bridgehead atoms. The topological polar surface area (TPSA) is 50.1 Å². The Balaban J connectivity index is 2.15. The molecule has 4 heteroatoms. The molecule has 0 unspecified atom stereocenters. The molecule has 0 atom stereocenters. The van der Waals surface area contributed by atoms with Gasteiger partial charge in [-0.3, -0.25) is 4.79 Å². The molecule has 0 heterocycles. The van der Waals surface area contributed by atoms with Gasteiger partial charge in [0.25, 0.3) is 0 Å². The van der Waals surface area contributed by atoms with Crippen molar-refractivity contribution in [3.8, 4) is 11.8 Å². The number of halogens is 1. The second-order valence-electron chi connectivity index (χ2n) is 4.29. The van der Waals surface area contributed by atoms with Gasteiger partial charge in [-0.25, -0.2) is 0 Å². The fourth-order valence-corrected chi connectivity index (χ4v) is 2.25. The highest BCUT2D eigenvalue weighted by Gasteiger charge is 2.08. The first-order valence-corrected chi connectivity index (χ1v) is 6.82. The maximum absolute atomic E-state index is 11.4. The van der Waals surface area contributed by atoms with Crippen LogP contribution in [0.3, 0.4) is 0 Å². The molecule has 2 aromatic carbocycles. The lowest BCUT2D eigenvalue weighted by atomic mass is 10.1. The van der Waals surface area contributed by atoms with E-state index in [9.17, 15) is 4.79 Å². The molecule has 0 saturated heterocycles. The maximum Gasteiger partial charge on any atom is 0.161 e. The molecule has 0 radical (unpaired) electrons. The lowest BCUT2D eigenvalue weighted by molar-refractivity contribution is 0.101. The van der Waals surface area contributed by atoms with Gasteiger partial charge >= 0.3 is 0 Å². The molecule has 0 aromatic heterocycles. The van der Waals surface area contributed by atoms with Gasteiger partial charge in [-0.15, -0.1) is 0 Å². The Morgan fingerprint density at radius 3 is 2.75 bits per heavy atom. The van der Waals surface area contributed by atoms with Crippen molar-refractivity contribution < 1.29 is 9.53 Å². The van der Waals surface area contributed by atoms with Crippen molar-refractivity contribution in [3.63, 3.8) is 0 Å². The van der Waals surface area contributed by atoms with Crippen LogP contribution >= 0.6 is 15.9 Å². The molecule has 20 heavy (non-hydrogen) atoms. The van der Waals surface area contributed by atoms with E-state index in [0.717, 1.165) is 10.0 Å². The van der Waals surface area contributed by atoms with Crippen molar-refractivity contribution in [2.45, 2.75) is 13.5 Å². The molecule has 3 nitrogen and oxygen atoms in total. The number of hydrogen-bond donors (Lipinski definition) is 0. The van der Waals surface area contributed by atoms with Crippen molar-refractivity contribution in [2.24, 2.45) is 0 Å². The number of ether oxygens (including phenoxy) is 1. The smallest absolute Gasteiger partial charge is 0.161 e. The van der Waals surface area contributed by atoms with Gasteiger partial charge in [-0.05, 0) is 42.8 Å². The third kappa shape index (κ3) is 3.46. The molecule has 2 aromatic rings. The van der Waals surface area contributed by atoms with E-state index in [1.807, 2.05) is 30.3 Å². The Hall–Kier alpha value is -2.12. The number of rotatable bonds is 4. The van der Waals surface area contributed by atoms with Gasteiger partial charge in [0.2, 0.25) is 0 Å². The summed E-state index contributed by atoms with van der Waals surface area (Å²) in [4.78, 5) is 11.4. The number of Topliss-reactive ketones (excluding diaryl/α,β-unsaturated/α-hetero) is 1. The summed E-state index contributed by atoms with van der Waals surface area (Å²) in [5.74, 6) is 0.451. The summed E-state index contributed by atoms with van der Waals surface area (Å²) in [5.41, 5.74) is 1.78. The van der Waals surface area contributed by atoms with Crippen LogP contribution in [0.4, 0.5) is 0 Å². The highest BCUT2D eigenvalue weighted by atomic mass is 79.9. The zero-order chi connectivity index (χ0) is 14.5. The van der Waals surface area contributed by atoms with E-state index in [1.54, 1.807) is 18.2 Å². The van der Waals surface area contributed by atoms with Gasteiger partial charge in [0, 0.05) is 10.0 Å². The van der Waals surface area contributed by atoms with Crippen LogP contribution in [0.5, 0.6) is 5.75 Å². The first-order chi connectivity index (χ1) is 9.60. The summed E-state index contributed by atoms with van der Waals surface area (Å²) < 4.78 is 6.63. The minimum Gasteiger partial charge on any atom is -0.489 e. The van der Waals surface area contributed by atoms with E-state index in [1.165, 1.54) is 6.92 Å². The van der Waals surface area contributed by atoms with E-state index >= 15 is 0 Å². The summed E-state index contributed by atoms with van der Waals surface area (Å²) >= 11 is 3.40. The number of nitriles is 1. The lowest BCUT2D eigenvalue weighted by Crippen LogP contribution is -1.99. The fraction of sp³-hybridized carbons (Fsp3) is 0.125. The minimum atomic E-state index is -0.125. The predicted molar refractivity (Wildman–Crippen MR) is 79.6 cm³/mol. The maximum atomic E-state index is 11.4. The van der Waals surface area contributed by atoms with Crippen LogP contribution in [-0.4, -0.2) is 5.78 Å². The summed E-state index contributed by atoms with van der Waals surface area (Å²) in [5, 5.41) is 9.05. The van der Waals surface area contributed by atoms with Crippen molar-refractivity contribution in [2.75, 3.05) is 0 Å². The average Bonchev–Trinajstić information content (AvgIpc) is 2.44. The van der Waals surface area contributed by atoms with Crippen LogP contribution in [0.1, 0.15) is 28.4 Å². The van der Waals surface area contributed by atoms with Crippen LogP contribution in [-0.2, 0) is 6.61 Å². The fourth-order valence-electron chi connectivity index (χ4n) is 1.81. The van der Waals surface area contributed by atoms with Crippen molar-refractivity contribution in [1.82, 2.24) is 0 Å². The highest BCUT2D eigenvalue weighted by Crippen LogP contribution is 2.20. The first kappa shape index (κ1) is 14.3. The normalized spacial score (nSPS) is 9.85. The molecular formula is C16H12BrNO2. The van der Waals surface area contributed by atoms with Crippen LogP contribution < -0.4 is 4.74 Å². The average molecular weight is 330 g/mol. The largest absolute Gasteiger partial charge is 0.489 e. The SMILES string of the molecule is CC(=O)c1ccc(OCc2cccc(Br)c2)cc1C#N. The van der Waals surface area contributed by atoms with Gasteiger partial charge in [0.05, 0.1) is 5.56 Å². The number of nitrogens with zero attached hydrogens (tertiary/aromatic N) is 1. The molecule has 0 spiro atoms. The lowest BCUT2D eigenvalue weighted by Gasteiger charge is -2.08. The molecule has 0 N–H and O–H groups in total. The van der Waals surface area contributed by atoms with Gasteiger partial charge in [0.1, 0.15) is 18.4 Å².